The molecule has 2 saturated heterocycles. The summed E-state index contributed by atoms with van der Waals surface area (Å²) >= 11 is 6.01. The van der Waals surface area contributed by atoms with Crippen molar-refractivity contribution in [3.63, 3.8) is 0 Å². The molecule has 1 N–H and O–H groups in total. The van der Waals surface area contributed by atoms with Crippen LogP contribution in [-0.2, 0) is 23.4 Å². The fourth-order valence-corrected chi connectivity index (χ4v) is 6.55. The van der Waals surface area contributed by atoms with Crippen LogP contribution in [0.3, 0.4) is 0 Å². The lowest BCUT2D eigenvalue weighted by atomic mass is 9.85. The molecular formula is C33H32ClFN4O4. The molecule has 0 saturated carbocycles. The molecule has 0 radical (unpaired) electrons. The van der Waals surface area contributed by atoms with Gasteiger partial charge in [0.05, 0.1) is 19.2 Å². The zero-order valence-corrected chi connectivity index (χ0v) is 24.6. The predicted octanol–water partition coefficient (Wildman–Crippen LogP) is 6.41. The summed E-state index contributed by atoms with van der Waals surface area (Å²) in [4.78, 5) is 23.2. The van der Waals surface area contributed by atoms with Crippen molar-refractivity contribution < 1.29 is 23.8 Å². The summed E-state index contributed by atoms with van der Waals surface area (Å²) in [5, 5.41) is 9.84. The summed E-state index contributed by atoms with van der Waals surface area (Å²) < 4.78 is 29.3. The van der Waals surface area contributed by atoms with E-state index in [9.17, 15) is 14.3 Å². The van der Waals surface area contributed by atoms with E-state index in [0.29, 0.717) is 40.8 Å². The number of pyridine rings is 1. The molecular weight excluding hydrogens is 571 g/mol. The number of ether oxygens (including phenoxy) is 2. The van der Waals surface area contributed by atoms with Gasteiger partial charge in [0.25, 0.3) is 0 Å². The summed E-state index contributed by atoms with van der Waals surface area (Å²) in [6, 6.07) is 14.2. The van der Waals surface area contributed by atoms with Gasteiger partial charge in [0.1, 0.15) is 22.9 Å². The topological polar surface area (TPSA) is 89.7 Å². The van der Waals surface area contributed by atoms with Gasteiger partial charge in [-0.2, -0.15) is 0 Å². The maximum atomic E-state index is 14.9. The van der Waals surface area contributed by atoms with Crippen LogP contribution in [0.2, 0.25) is 5.02 Å². The van der Waals surface area contributed by atoms with Crippen molar-refractivity contribution in [1.82, 2.24) is 19.4 Å². The van der Waals surface area contributed by atoms with Crippen LogP contribution < -0.4 is 4.74 Å². The first-order valence-corrected chi connectivity index (χ1v) is 15.1. The number of carbonyl (C=O) groups is 1. The number of aromatic nitrogens is 3. The molecule has 8 nitrogen and oxygen atoms in total. The van der Waals surface area contributed by atoms with E-state index in [1.165, 1.54) is 12.1 Å². The van der Waals surface area contributed by atoms with E-state index in [0.717, 1.165) is 61.7 Å². The number of halogens is 2. The highest BCUT2D eigenvalue weighted by Crippen LogP contribution is 2.44. The van der Waals surface area contributed by atoms with E-state index in [-0.39, 0.29) is 11.8 Å². The Bertz CT molecular complexity index is 1740. The van der Waals surface area contributed by atoms with Crippen LogP contribution in [0.4, 0.5) is 4.39 Å². The van der Waals surface area contributed by atoms with Crippen LogP contribution in [-0.4, -0.2) is 56.3 Å². The molecule has 222 valence electrons. The molecule has 4 aromatic rings. The van der Waals surface area contributed by atoms with E-state index in [4.69, 9.17) is 26.1 Å². The van der Waals surface area contributed by atoms with Crippen molar-refractivity contribution in [3.05, 3.63) is 93.7 Å². The zero-order valence-electron chi connectivity index (χ0n) is 23.8. The number of hydrogen-bond acceptors (Lipinski definition) is 6. The van der Waals surface area contributed by atoms with Crippen molar-refractivity contribution in [2.45, 2.75) is 56.9 Å². The maximum absolute atomic E-state index is 14.9. The predicted molar refractivity (Wildman–Crippen MR) is 161 cm³/mol. The van der Waals surface area contributed by atoms with Crippen LogP contribution in [0.1, 0.15) is 65.1 Å². The van der Waals surface area contributed by atoms with Crippen molar-refractivity contribution >= 4 is 34.8 Å². The Hall–Kier alpha value is -3.79. The Kier molecular flexibility index (Phi) is 7.19. The summed E-state index contributed by atoms with van der Waals surface area (Å²) in [7, 11) is 0. The lowest BCUT2D eigenvalue weighted by molar-refractivity contribution is -0.0593. The molecule has 2 unspecified atom stereocenters. The van der Waals surface area contributed by atoms with Crippen LogP contribution in [0.15, 0.2) is 54.6 Å². The van der Waals surface area contributed by atoms with Gasteiger partial charge in [-0.3, -0.25) is 4.90 Å². The van der Waals surface area contributed by atoms with Gasteiger partial charge in [0.15, 0.2) is 16.9 Å². The van der Waals surface area contributed by atoms with Crippen molar-refractivity contribution in [2.75, 3.05) is 19.7 Å². The molecule has 0 aliphatic carbocycles. The molecule has 43 heavy (non-hydrogen) atoms. The number of carboxylic acid groups (broad SMARTS) is 1. The number of likely N-dealkylation sites (tertiary alicyclic amines) is 1. The van der Waals surface area contributed by atoms with E-state index in [1.54, 1.807) is 18.2 Å². The third kappa shape index (κ3) is 5.30. The van der Waals surface area contributed by atoms with Gasteiger partial charge in [-0.1, -0.05) is 41.9 Å². The molecule has 2 aromatic carbocycles. The number of rotatable bonds is 7. The molecule has 0 amide bonds. The highest BCUT2D eigenvalue weighted by Gasteiger charge is 2.35. The van der Waals surface area contributed by atoms with Crippen LogP contribution >= 0.6 is 11.6 Å². The number of aromatic carboxylic acids is 1. The maximum Gasteiger partial charge on any atom is 0.354 e. The quantitative estimate of drug-likeness (QED) is 0.261. The minimum Gasteiger partial charge on any atom is -0.478 e. The molecule has 5 heterocycles. The molecule has 2 fully saturated rings. The first kappa shape index (κ1) is 28.0. The monoisotopic (exact) mass is 602 g/mol. The number of fused-ring (bicyclic) bond motifs is 2. The second-order valence-electron chi connectivity index (χ2n) is 11.7. The van der Waals surface area contributed by atoms with Gasteiger partial charge >= 0.3 is 5.97 Å². The Balaban J connectivity index is 1.09. The van der Waals surface area contributed by atoms with Gasteiger partial charge in [0, 0.05) is 22.8 Å². The van der Waals surface area contributed by atoms with Gasteiger partial charge in [-0.05, 0) is 81.1 Å². The molecule has 0 bridgehead atoms. The molecule has 3 aliphatic heterocycles. The first-order valence-electron chi connectivity index (χ1n) is 14.7. The molecule has 3 aliphatic rings. The van der Waals surface area contributed by atoms with Crippen molar-refractivity contribution in [2.24, 2.45) is 0 Å². The highest BCUT2D eigenvalue weighted by atomic mass is 35.5. The van der Waals surface area contributed by atoms with Crippen molar-refractivity contribution in [1.29, 1.82) is 0 Å². The summed E-state index contributed by atoms with van der Waals surface area (Å²) in [5.74, 6) is 0.518. The van der Waals surface area contributed by atoms with Gasteiger partial charge in [-0.15, -0.1) is 0 Å². The number of hydrogen-bond donors (Lipinski definition) is 1. The SMILES string of the molecule is CC1(c2ccc(Cl)cc2F)C=Cc2cccc(C3CCN(Cc4nc5ccc(C(=O)O)nc5n4CC4CCO4)CC3)c2O1. The van der Waals surface area contributed by atoms with E-state index in [1.807, 2.05) is 29.7 Å². The van der Waals surface area contributed by atoms with E-state index < -0.39 is 17.4 Å². The molecule has 2 aromatic heterocycles. The largest absolute Gasteiger partial charge is 0.478 e. The Morgan fingerprint density at radius 3 is 2.67 bits per heavy atom. The van der Waals surface area contributed by atoms with Gasteiger partial charge in [0.2, 0.25) is 0 Å². The third-order valence-corrected chi connectivity index (χ3v) is 9.13. The number of nitrogens with zero attached hydrogens (tertiary/aromatic N) is 4. The van der Waals surface area contributed by atoms with Crippen LogP contribution in [0.5, 0.6) is 5.75 Å². The minimum atomic E-state index is -1.06. The fourth-order valence-electron chi connectivity index (χ4n) is 6.39. The van der Waals surface area contributed by atoms with Crippen LogP contribution in [0.25, 0.3) is 17.2 Å². The Morgan fingerprint density at radius 1 is 1.14 bits per heavy atom. The second-order valence-corrected chi connectivity index (χ2v) is 12.2. The fraction of sp³-hybridized carbons (Fsp3) is 0.364. The standard InChI is InChI=1S/C33H32ClFN4O4/c1-33(25-6-5-22(34)17-26(25)35)13-9-21-3-2-4-24(30(21)43-33)20-10-14-38(15-11-20)19-29-36-27-7-8-28(32(40)41)37-31(27)39(29)18-23-12-16-42-23/h2-9,13,17,20,23H,10-12,14-16,18-19H2,1H3,(H,40,41). The van der Waals surface area contributed by atoms with E-state index >= 15 is 0 Å². The molecule has 0 spiro atoms. The van der Waals surface area contributed by atoms with E-state index in [2.05, 4.69) is 22.0 Å². The van der Waals surface area contributed by atoms with Gasteiger partial charge < -0.3 is 19.1 Å². The lowest BCUT2D eigenvalue weighted by Crippen LogP contribution is -2.36. The number of carboxylic acids is 1. The lowest BCUT2D eigenvalue weighted by Gasteiger charge is -2.37. The molecule has 2 atom stereocenters. The highest BCUT2D eigenvalue weighted by molar-refractivity contribution is 6.30. The number of benzene rings is 2. The number of para-hydroxylation sites is 1. The average molecular weight is 603 g/mol. The van der Waals surface area contributed by atoms with Gasteiger partial charge in [-0.25, -0.2) is 19.2 Å². The zero-order chi connectivity index (χ0) is 29.7. The average Bonchev–Trinajstić information content (AvgIpc) is 3.30. The van der Waals surface area contributed by atoms with Crippen LogP contribution in [0, 0.1) is 5.82 Å². The third-order valence-electron chi connectivity index (χ3n) is 8.90. The number of imidazole rings is 1. The van der Waals surface area contributed by atoms with Crippen molar-refractivity contribution in [3.8, 4) is 5.75 Å². The Labute approximate surface area is 253 Å². The normalized spacial score (nSPS) is 22.3. The summed E-state index contributed by atoms with van der Waals surface area (Å²) in [5.41, 5.74) is 2.92. The molecule has 10 heteroatoms. The second kappa shape index (κ2) is 11.0. The summed E-state index contributed by atoms with van der Waals surface area (Å²) in [6.07, 6.45) is 6.84. The first-order chi connectivity index (χ1) is 20.8. The smallest absolute Gasteiger partial charge is 0.354 e. The summed E-state index contributed by atoms with van der Waals surface area (Å²) in [6.45, 7) is 5.59. The minimum absolute atomic E-state index is 0.00805. The molecule has 7 rings (SSSR count). The number of piperidine rings is 1. The Morgan fingerprint density at radius 2 is 1.95 bits per heavy atom.